The molecule has 0 atom stereocenters. The van der Waals surface area contributed by atoms with Crippen molar-refractivity contribution < 1.29 is 4.79 Å². The van der Waals surface area contributed by atoms with Gasteiger partial charge in [0.15, 0.2) is 4.77 Å². The van der Waals surface area contributed by atoms with Crippen LogP contribution in [0, 0.1) is 8.34 Å². The molecule has 0 bridgehead atoms. The lowest BCUT2D eigenvalue weighted by atomic mass is 10.2. The molecule has 0 saturated heterocycles. The van der Waals surface area contributed by atoms with E-state index in [0.717, 1.165) is 8.14 Å². The summed E-state index contributed by atoms with van der Waals surface area (Å²) in [5.74, 6) is -0.598. The standard InChI is InChI=1S/C15H7Cl2IN2O2S/c16-7-1-3-9(11(17)5-7)13(21)20-14(22)10-6-8(18)2-4-12(10)19-15(20)23/h1-6H,(H,19,23). The van der Waals surface area contributed by atoms with E-state index in [9.17, 15) is 9.59 Å². The molecule has 0 fully saturated rings. The summed E-state index contributed by atoms with van der Waals surface area (Å²) in [5.41, 5.74) is 0.243. The molecule has 0 unspecified atom stereocenters. The molecule has 116 valence electrons. The highest BCUT2D eigenvalue weighted by molar-refractivity contribution is 14.1. The van der Waals surface area contributed by atoms with Gasteiger partial charge in [0.1, 0.15) is 0 Å². The number of aromatic nitrogens is 2. The highest BCUT2D eigenvalue weighted by Crippen LogP contribution is 2.22. The molecular formula is C15H7Cl2IN2O2S. The largest absolute Gasteiger partial charge is 0.331 e. The Bertz CT molecular complexity index is 1080. The van der Waals surface area contributed by atoms with E-state index in [1.807, 2.05) is 6.07 Å². The van der Waals surface area contributed by atoms with Crippen LogP contribution in [0.2, 0.25) is 10.0 Å². The number of rotatable bonds is 1. The van der Waals surface area contributed by atoms with E-state index in [4.69, 9.17) is 35.4 Å². The lowest BCUT2D eigenvalue weighted by Gasteiger charge is -2.08. The number of benzene rings is 2. The maximum Gasteiger partial charge on any atom is 0.269 e. The zero-order valence-electron chi connectivity index (χ0n) is 11.3. The first-order chi connectivity index (χ1) is 10.9. The molecule has 0 spiro atoms. The van der Waals surface area contributed by atoms with Gasteiger partial charge < -0.3 is 4.98 Å². The van der Waals surface area contributed by atoms with Crippen LogP contribution >= 0.6 is 58.0 Å². The van der Waals surface area contributed by atoms with E-state index in [-0.39, 0.29) is 15.4 Å². The predicted octanol–water partition coefficient (Wildman–Crippen LogP) is 4.66. The molecule has 0 radical (unpaired) electrons. The van der Waals surface area contributed by atoms with E-state index in [1.165, 1.54) is 18.2 Å². The maximum atomic E-state index is 12.7. The van der Waals surface area contributed by atoms with E-state index < -0.39 is 11.5 Å². The van der Waals surface area contributed by atoms with Crippen molar-refractivity contribution in [3.63, 3.8) is 0 Å². The number of carbonyl (C=O) groups is 1. The lowest BCUT2D eigenvalue weighted by Crippen LogP contribution is -2.29. The Labute approximate surface area is 159 Å². The average Bonchev–Trinajstić information content (AvgIpc) is 2.48. The molecular weight excluding hydrogens is 470 g/mol. The Kier molecular flexibility index (Phi) is 4.59. The van der Waals surface area contributed by atoms with Crippen LogP contribution in [0.4, 0.5) is 0 Å². The summed E-state index contributed by atoms with van der Waals surface area (Å²) in [4.78, 5) is 28.3. The fraction of sp³-hybridized carbons (Fsp3) is 0. The minimum absolute atomic E-state index is 0.0136. The van der Waals surface area contributed by atoms with Crippen molar-refractivity contribution in [2.24, 2.45) is 0 Å². The molecule has 23 heavy (non-hydrogen) atoms. The van der Waals surface area contributed by atoms with E-state index in [0.29, 0.717) is 15.9 Å². The summed E-state index contributed by atoms with van der Waals surface area (Å²) >= 11 is 19.1. The molecule has 2 aromatic carbocycles. The molecule has 8 heteroatoms. The first-order valence-corrected chi connectivity index (χ1v) is 8.57. The van der Waals surface area contributed by atoms with Crippen LogP contribution in [0.3, 0.4) is 0 Å². The summed E-state index contributed by atoms with van der Waals surface area (Å²) in [7, 11) is 0. The number of H-pyrrole nitrogens is 1. The van der Waals surface area contributed by atoms with E-state index in [2.05, 4.69) is 27.6 Å². The van der Waals surface area contributed by atoms with Gasteiger partial charge in [0.25, 0.3) is 11.5 Å². The van der Waals surface area contributed by atoms with Gasteiger partial charge in [-0.3, -0.25) is 9.59 Å². The van der Waals surface area contributed by atoms with Crippen LogP contribution in [0.15, 0.2) is 41.2 Å². The van der Waals surface area contributed by atoms with Gasteiger partial charge in [-0.05, 0) is 71.2 Å². The molecule has 0 amide bonds. The van der Waals surface area contributed by atoms with Gasteiger partial charge >= 0.3 is 0 Å². The Morgan fingerprint density at radius 1 is 1.17 bits per heavy atom. The molecule has 1 heterocycles. The van der Waals surface area contributed by atoms with E-state index >= 15 is 0 Å². The number of aromatic amines is 1. The zero-order valence-corrected chi connectivity index (χ0v) is 15.8. The van der Waals surface area contributed by atoms with Gasteiger partial charge in [-0.15, -0.1) is 0 Å². The topological polar surface area (TPSA) is 54.9 Å². The molecule has 0 aliphatic carbocycles. The van der Waals surface area contributed by atoms with Crippen LogP contribution in [0.1, 0.15) is 10.4 Å². The number of nitrogens with zero attached hydrogens (tertiary/aromatic N) is 1. The molecule has 1 aromatic heterocycles. The summed E-state index contributed by atoms with van der Waals surface area (Å²) in [6, 6.07) is 9.72. The van der Waals surface area contributed by atoms with Crippen molar-refractivity contribution in [3.8, 4) is 0 Å². The average molecular weight is 477 g/mol. The molecule has 0 aliphatic heterocycles. The minimum Gasteiger partial charge on any atom is -0.331 e. The van der Waals surface area contributed by atoms with Crippen molar-refractivity contribution >= 4 is 74.8 Å². The fourth-order valence-corrected chi connectivity index (χ4v) is 3.41. The third-order valence-corrected chi connectivity index (χ3v) is 4.73. The Balaban J connectivity index is 2.29. The van der Waals surface area contributed by atoms with Crippen LogP contribution in [0.5, 0.6) is 0 Å². The number of hydrogen-bond acceptors (Lipinski definition) is 3. The second kappa shape index (κ2) is 6.35. The first-order valence-electron chi connectivity index (χ1n) is 6.33. The molecule has 0 saturated carbocycles. The van der Waals surface area contributed by atoms with Gasteiger partial charge in [-0.1, -0.05) is 23.2 Å². The maximum absolute atomic E-state index is 12.7. The highest BCUT2D eigenvalue weighted by Gasteiger charge is 2.17. The quantitative estimate of drug-likeness (QED) is 0.410. The van der Waals surface area contributed by atoms with Gasteiger partial charge in [0.05, 0.1) is 21.5 Å². The smallest absolute Gasteiger partial charge is 0.269 e. The molecule has 3 aromatic rings. The van der Waals surface area contributed by atoms with Gasteiger partial charge in [-0.2, -0.15) is 0 Å². The number of hydrogen-bond donors (Lipinski definition) is 1. The number of halogens is 3. The Hall–Kier alpha value is -1.22. The fourth-order valence-electron chi connectivity index (χ4n) is 2.15. The normalized spacial score (nSPS) is 10.9. The monoisotopic (exact) mass is 476 g/mol. The SMILES string of the molecule is O=C(c1ccc(Cl)cc1Cl)n1c(=S)[nH]c2ccc(I)cc2c1=O. The summed E-state index contributed by atoms with van der Waals surface area (Å²) in [6.45, 7) is 0. The first kappa shape index (κ1) is 16.6. The third kappa shape index (κ3) is 3.08. The van der Waals surface area contributed by atoms with Gasteiger partial charge in [0.2, 0.25) is 0 Å². The second-order valence-electron chi connectivity index (χ2n) is 4.69. The van der Waals surface area contributed by atoms with Crippen molar-refractivity contribution in [1.82, 2.24) is 9.55 Å². The summed E-state index contributed by atoms with van der Waals surface area (Å²) < 4.78 is 1.80. The summed E-state index contributed by atoms with van der Waals surface area (Å²) in [5, 5.41) is 0.938. The Morgan fingerprint density at radius 2 is 1.91 bits per heavy atom. The van der Waals surface area contributed by atoms with Crippen LogP contribution in [-0.2, 0) is 0 Å². The van der Waals surface area contributed by atoms with Crippen molar-refractivity contribution in [3.05, 3.63) is 70.7 Å². The number of fused-ring (bicyclic) bond motifs is 1. The van der Waals surface area contributed by atoms with Gasteiger partial charge in [-0.25, -0.2) is 4.57 Å². The van der Waals surface area contributed by atoms with Crippen molar-refractivity contribution in [1.29, 1.82) is 0 Å². The van der Waals surface area contributed by atoms with Crippen LogP contribution in [0.25, 0.3) is 10.9 Å². The molecule has 0 aliphatic rings. The lowest BCUT2D eigenvalue weighted by molar-refractivity contribution is 0.0954. The molecule has 1 N–H and O–H groups in total. The summed E-state index contributed by atoms with van der Waals surface area (Å²) in [6.07, 6.45) is 0. The minimum atomic E-state index is -0.598. The van der Waals surface area contributed by atoms with Crippen molar-refractivity contribution in [2.45, 2.75) is 0 Å². The molecule has 3 rings (SSSR count). The van der Waals surface area contributed by atoms with Gasteiger partial charge in [0, 0.05) is 8.59 Å². The Morgan fingerprint density at radius 3 is 2.61 bits per heavy atom. The molecule has 4 nitrogen and oxygen atoms in total. The second-order valence-corrected chi connectivity index (χ2v) is 7.17. The third-order valence-electron chi connectivity index (χ3n) is 3.22. The number of carbonyl (C=O) groups excluding carboxylic acids is 1. The highest BCUT2D eigenvalue weighted by atomic mass is 127. The van der Waals surface area contributed by atoms with Crippen molar-refractivity contribution in [2.75, 3.05) is 0 Å². The van der Waals surface area contributed by atoms with Crippen LogP contribution < -0.4 is 5.56 Å². The number of nitrogens with one attached hydrogen (secondary N) is 1. The predicted molar refractivity (Wildman–Crippen MR) is 102 cm³/mol. The van der Waals surface area contributed by atoms with E-state index in [1.54, 1.807) is 12.1 Å². The zero-order chi connectivity index (χ0) is 16.7. The van der Waals surface area contributed by atoms with Crippen LogP contribution in [-0.4, -0.2) is 15.5 Å².